The van der Waals surface area contributed by atoms with Gasteiger partial charge < -0.3 is 10.3 Å². The summed E-state index contributed by atoms with van der Waals surface area (Å²) in [5, 5.41) is 5.20. The van der Waals surface area contributed by atoms with Gasteiger partial charge >= 0.3 is 0 Å². The van der Waals surface area contributed by atoms with E-state index in [4.69, 9.17) is 17.3 Å². The smallest absolute Gasteiger partial charge is 0.0865 e. The van der Waals surface area contributed by atoms with Crippen molar-refractivity contribution in [2.45, 2.75) is 46.3 Å². The Morgan fingerprint density at radius 3 is 2.84 bits per heavy atom. The Labute approximate surface area is 119 Å². The fourth-order valence-corrected chi connectivity index (χ4v) is 2.47. The molecule has 2 rings (SSSR count). The van der Waals surface area contributed by atoms with E-state index in [1.54, 1.807) is 0 Å². The maximum Gasteiger partial charge on any atom is 0.0865 e. The van der Waals surface area contributed by atoms with Gasteiger partial charge in [-0.15, -0.1) is 0 Å². The lowest BCUT2D eigenvalue weighted by atomic mass is 10.1. The van der Waals surface area contributed by atoms with Crippen LogP contribution in [0.2, 0.25) is 5.02 Å². The molecule has 1 atom stereocenters. The van der Waals surface area contributed by atoms with Gasteiger partial charge in [-0.05, 0) is 38.8 Å². The van der Waals surface area contributed by atoms with E-state index >= 15 is 0 Å². The fraction of sp³-hybridized carbons (Fsp3) is 0.500. The first-order valence-corrected chi connectivity index (χ1v) is 7.01. The summed E-state index contributed by atoms with van der Waals surface area (Å²) in [5.74, 6) is 0. The van der Waals surface area contributed by atoms with E-state index in [9.17, 15) is 0 Å². The predicted molar refractivity (Wildman–Crippen MR) is 78.5 cm³/mol. The molecule has 0 saturated heterocycles. The zero-order valence-electron chi connectivity index (χ0n) is 11.7. The molecule has 4 nitrogen and oxygen atoms in total. The van der Waals surface area contributed by atoms with E-state index in [1.807, 2.05) is 18.5 Å². The molecule has 0 aliphatic heterocycles. The Morgan fingerprint density at radius 1 is 1.47 bits per heavy atom. The second-order valence-electron chi connectivity index (χ2n) is 5.04. The summed E-state index contributed by atoms with van der Waals surface area (Å²) in [6.07, 6.45) is 5.09. The van der Waals surface area contributed by atoms with Crippen molar-refractivity contribution in [1.82, 2.24) is 14.3 Å². The maximum absolute atomic E-state index is 6.32. The van der Waals surface area contributed by atoms with Crippen LogP contribution in [-0.4, -0.2) is 20.4 Å². The minimum absolute atomic E-state index is 0.183. The van der Waals surface area contributed by atoms with Gasteiger partial charge in [-0.1, -0.05) is 11.6 Å². The zero-order valence-corrected chi connectivity index (χ0v) is 12.5. The minimum Gasteiger partial charge on any atom is -0.348 e. The Morgan fingerprint density at radius 2 is 2.21 bits per heavy atom. The number of halogens is 1. The third kappa shape index (κ3) is 3.19. The second kappa shape index (κ2) is 5.80. The van der Waals surface area contributed by atoms with E-state index in [0.717, 1.165) is 35.9 Å². The van der Waals surface area contributed by atoms with Crippen LogP contribution < -0.4 is 5.73 Å². The first-order chi connectivity index (χ1) is 9.01. The van der Waals surface area contributed by atoms with Crippen molar-refractivity contribution in [3.8, 4) is 0 Å². The average molecular weight is 281 g/mol. The summed E-state index contributed by atoms with van der Waals surface area (Å²) in [7, 11) is 0. The molecule has 0 saturated carbocycles. The second-order valence-corrected chi connectivity index (χ2v) is 5.41. The van der Waals surface area contributed by atoms with Crippen LogP contribution in [0.3, 0.4) is 0 Å². The van der Waals surface area contributed by atoms with Crippen LogP contribution in [0.1, 0.15) is 30.8 Å². The van der Waals surface area contributed by atoms with Gasteiger partial charge in [-0.2, -0.15) is 5.10 Å². The van der Waals surface area contributed by atoms with Crippen LogP contribution >= 0.6 is 11.6 Å². The van der Waals surface area contributed by atoms with E-state index in [1.165, 1.54) is 5.56 Å². The molecular formula is C14H21ClN4. The molecule has 0 spiro atoms. The number of aromatic nitrogens is 3. The van der Waals surface area contributed by atoms with E-state index < -0.39 is 0 Å². The SMILES string of the molecule is CCn1nc(C)c(Cl)c1Cn1ccc(CC(C)N)c1. The highest BCUT2D eigenvalue weighted by molar-refractivity contribution is 6.31. The molecule has 5 heteroatoms. The Bertz CT molecular complexity index is 554. The topological polar surface area (TPSA) is 48.8 Å². The van der Waals surface area contributed by atoms with Gasteiger partial charge in [-0.25, -0.2) is 0 Å². The summed E-state index contributed by atoms with van der Waals surface area (Å²) in [4.78, 5) is 0. The molecule has 0 amide bonds. The van der Waals surface area contributed by atoms with Crippen LogP contribution in [-0.2, 0) is 19.5 Å². The van der Waals surface area contributed by atoms with Crippen molar-refractivity contribution >= 4 is 11.6 Å². The number of aryl methyl sites for hydroxylation is 2. The lowest BCUT2D eigenvalue weighted by molar-refractivity contribution is 0.597. The molecule has 0 aliphatic carbocycles. The Hall–Kier alpha value is -1.26. The van der Waals surface area contributed by atoms with Crippen molar-refractivity contribution in [2.24, 2.45) is 5.73 Å². The monoisotopic (exact) mass is 280 g/mol. The maximum atomic E-state index is 6.32. The summed E-state index contributed by atoms with van der Waals surface area (Å²) < 4.78 is 4.09. The highest BCUT2D eigenvalue weighted by atomic mass is 35.5. The molecule has 2 heterocycles. The van der Waals surface area contributed by atoms with Crippen molar-refractivity contribution < 1.29 is 0 Å². The van der Waals surface area contributed by atoms with Crippen LogP contribution in [0.25, 0.3) is 0 Å². The van der Waals surface area contributed by atoms with Crippen LogP contribution in [0.15, 0.2) is 18.5 Å². The van der Waals surface area contributed by atoms with Gasteiger partial charge in [0.25, 0.3) is 0 Å². The molecule has 0 aromatic carbocycles. The van der Waals surface area contributed by atoms with Crippen LogP contribution in [0.4, 0.5) is 0 Å². The van der Waals surface area contributed by atoms with Gasteiger partial charge in [0.2, 0.25) is 0 Å². The van der Waals surface area contributed by atoms with E-state index in [0.29, 0.717) is 0 Å². The standard InChI is InChI=1S/C14H21ClN4/c1-4-19-13(14(15)11(3)17-19)9-18-6-5-12(8-18)7-10(2)16/h5-6,8,10H,4,7,9,16H2,1-3H3. The largest absolute Gasteiger partial charge is 0.348 e. The molecule has 2 aromatic rings. The first-order valence-electron chi connectivity index (χ1n) is 6.63. The summed E-state index contributed by atoms with van der Waals surface area (Å²) in [6.45, 7) is 7.60. The van der Waals surface area contributed by atoms with Gasteiger partial charge in [0.1, 0.15) is 0 Å². The van der Waals surface area contributed by atoms with Crippen molar-refractivity contribution in [2.75, 3.05) is 0 Å². The zero-order chi connectivity index (χ0) is 14.0. The molecule has 0 fully saturated rings. The molecule has 0 radical (unpaired) electrons. The minimum atomic E-state index is 0.183. The quantitative estimate of drug-likeness (QED) is 0.915. The summed E-state index contributed by atoms with van der Waals surface area (Å²) >= 11 is 6.32. The number of nitrogens with two attached hydrogens (primary N) is 1. The average Bonchev–Trinajstić information content (AvgIpc) is 2.88. The normalized spacial score (nSPS) is 12.9. The van der Waals surface area contributed by atoms with Gasteiger partial charge in [0.05, 0.1) is 23.0 Å². The first kappa shape index (κ1) is 14.2. The lowest BCUT2D eigenvalue weighted by Gasteiger charge is -2.07. The third-order valence-electron chi connectivity index (χ3n) is 3.15. The van der Waals surface area contributed by atoms with Gasteiger partial charge in [0, 0.05) is 25.0 Å². The Kier molecular flexibility index (Phi) is 4.32. The number of hydrogen-bond donors (Lipinski definition) is 1. The number of hydrogen-bond acceptors (Lipinski definition) is 2. The molecular weight excluding hydrogens is 260 g/mol. The summed E-state index contributed by atoms with van der Waals surface area (Å²) in [6, 6.07) is 2.29. The Balaban J connectivity index is 2.19. The fourth-order valence-electron chi connectivity index (χ4n) is 2.27. The summed E-state index contributed by atoms with van der Waals surface area (Å²) in [5.41, 5.74) is 9.02. The third-order valence-corrected chi connectivity index (χ3v) is 3.65. The van der Waals surface area contributed by atoms with Crippen LogP contribution in [0.5, 0.6) is 0 Å². The predicted octanol–water partition coefficient (Wildman–Crippen LogP) is 2.60. The number of nitrogens with zero attached hydrogens (tertiary/aromatic N) is 3. The molecule has 104 valence electrons. The van der Waals surface area contributed by atoms with Crippen molar-refractivity contribution in [1.29, 1.82) is 0 Å². The van der Waals surface area contributed by atoms with Crippen LogP contribution in [0, 0.1) is 6.92 Å². The van der Waals surface area contributed by atoms with Crippen molar-refractivity contribution in [3.05, 3.63) is 40.4 Å². The van der Waals surface area contributed by atoms with Crippen molar-refractivity contribution in [3.63, 3.8) is 0 Å². The molecule has 2 N–H and O–H groups in total. The molecule has 0 bridgehead atoms. The highest BCUT2D eigenvalue weighted by Gasteiger charge is 2.13. The number of rotatable bonds is 5. The van der Waals surface area contributed by atoms with Gasteiger partial charge in [-0.3, -0.25) is 4.68 Å². The molecule has 2 aromatic heterocycles. The molecule has 0 aliphatic rings. The lowest BCUT2D eigenvalue weighted by Crippen LogP contribution is -2.17. The molecule has 19 heavy (non-hydrogen) atoms. The van der Waals surface area contributed by atoms with Gasteiger partial charge in [0.15, 0.2) is 0 Å². The molecule has 1 unspecified atom stereocenters. The highest BCUT2D eigenvalue weighted by Crippen LogP contribution is 2.21. The van der Waals surface area contributed by atoms with E-state index in [-0.39, 0.29) is 6.04 Å². The van der Waals surface area contributed by atoms with E-state index in [2.05, 4.69) is 35.0 Å².